The fourth-order valence-electron chi connectivity index (χ4n) is 5.67. The molecule has 0 N–H and O–H groups in total. The van der Waals surface area contributed by atoms with Gasteiger partial charge in [0.15, 0.2) is 0 Å². The molecule has 0 radical (unpaired) electrons. The molecular weight excluding hydrogens is 602 g/mol. The quantitative estimate of drug-likeness (QED) is 0.0578. The Balaban J connectivity index is 1.43. The Morgan fingerprint density at radius 2 is 1.39 bits per heavy atom. The van der Waals surface area contributed by atoms with Crippen molar-refractivity contribution < 1.29 is 33.0 Å². The molecule has 1 aromatic heterocycles. The number of esters is 1. The lowest BCUT2D eigenvalue weighted by Gasteiger charge is -2.36. The molecule has 10 heteroatoms. The topological polar surface area (TPSA) is 96.8 Å². The number of likely N-dealkylation sites (N-methyl/N-ethyl adjacent to an activating group) is 1. The van der Waals surface area contributed by atoms with Crippen LogP contribution < -0.4 is 4.74 Å². The number of hydrogen-bond acceptors (Lipinski definition) is 9. The van der Waals surface area contributed by atoms with E-state index in [2.05, 4.69) is 28.8 Å². The maximum absolute atomic E-state index is 12.3. The van der Waals surface area contributed by atoms with Gasteiger partial charge in [-0.05, 0) is 40.0 Å². The lowest BCUT2D eigenvalue weighted by Crippen LogP contribution is -2.49. The molecule has 1 aliphatic heterocycles. The second-order valence-electron chi connectivity index (χ2n) is 14.2. The van der Waals surface area contributed by atoms with E-state index < -0.39 is 6.16 Å². The van der Waals surface area contributed by atoms with Crippen LogP contribution in [0, 0.1) is 0 Å². The van der Waals surface area contributed by atoms with Gasteiger partial charge in [-0.15, -0.1) is 4.37 Å². The Hall–Kier alpha value is -2.20. The monoisotopic (exact) mass is 666 g/mol. The normalized spacial score (nSPS) is 16.6. The van der Waals surface area contributed by atoms with Gasteiger partial charge in [0.1, 0.15) is 17.8 Å². The smallest absolute Gasteiger partial charge is 0.475 e. The minimum absolute atomic E-state index is 0.0759. The molecule has 0 saturated carbocycles. The van der Waals surface area contributed by atoms with E-state index in [1.54, 1.807) is 0 Å². The number of nitrogens with zero attached hydrogens (tertiary/aromatic N) is 3. The SMILES string of the molecule is CCCCCCOc1nsnc1C1=CCC[N+](C)(COC(=O)OCCCCCCCCCCCCCCCC(=O)OC(C)(C)C)C1. The van der Waals surface area contributed by atoms with Gasteiger partial charge in [-0.25, -0.2) is 4.79 Å². The average molecular weight is 667 g/mol. The first kappa shape index (κ1) is 40.0. The lowest BCUT2D eigenvalue weighted by molar-refractivity contribution is -0.919. The average Bonchev–Trinajstić information content (AvgIpc) is 3.47. The van der Waals surface area contributed by atoms with Crippen molar-refractivity contribution >= 4 is 29.4 Å². The molecule has 0 fully saturated rings. The molecule has 46 heavy (non-hydrogen) atoms. The van der Waals surface area contributed by atoms with E-state index in [1.165, 1.54) is 88.8 Å². The third-order valence-electron chi connectivity index (χ3n) is 8.27. The summed E-state index contributed by atoms with van der Waals surface area (Å²) in [6.07, 6.45) is 23.0. The molecule has 0 amide bonds. The highest BCUT2D eigenvalue weighted by molar-refractivity contribution is 6.99. The molecule has 264 valence electrons. The number of quaternary nitrogens is 1. The van der Waals surface area contributed by atoms with Crippen LogP contribution in [0.2, 0.25) is 0 Å². The molecule has 0 saturated heterocycles. The molecule has 0 spiro atoms. The summed E-state index contributed by atoms with van der Waals surface area (Å²) in [6, 6.07) is 0. The zero-order valence-electron chi connectivity index (χ0n) is 29.7. The van der Waals surface area contributed by atoms with E-state index >= 15 is 0 Å². The van der Waals surface area contributed by atoms with Crippen LogP contribution in [0.25, 0.3) is 5.57 Å². The van der Waals surface area contributed by atoms with Crippen LogP contribution in [0.1, 0.15) is 155 Å². The summed E-state index contributed by atoms with van der Waals surface area (Å²) in [4.78, 5) is 24.0. The van der Waals surface area contributed by atoms with Crippen molar-refractivity contribution in [3.8, 4) is 5.88 Å². The highest BCUT2D eigenvalue weighted by atomic mass is 32.1. The standard InChI is InChI=1S/C36H64N3O6S/c1-6-7-8-21-27-42-34-33(37-46-38-34)31-24-23-26-39(5,29-31)30-44-35(41)43-28-22-19-17-15-13-11-9-10-12-14-16-18-20-25-32(40)45-36(2,3)4/h24H,6-23,25-30H2,1-5H3/q+1. The predicted octanol–water partition coefficient (Wildman–Crippen LogP) is 9.64. The molecule has 0 bridgehead atoms. The molecule has 1 aromatic rings. The first-order valence-corrected chi connectivity index (χ1v) is 18.8. The van der Waals surface area contributed by atoms with Gasteiger partial charge in [0.2, 0.25) is 6.73 Å². The van der Waals surface area contributed by atoms with Crippen molar-refractivity contribution in [3.63, 3.8) is 0 Å². The summed E-state index contributed by atoms with van der Waals surface area (Å²) in [7, 11) is 2.10. The second kappa shape index (κ2) is 23.2. The van der Waals surface area contributed by atoms with E-state index in [9.17, 15) is 9.59 Å². The van der Waals surface area contributed by atoms with Crippen molar-refractivity contribution in [2.75, 3.05) is 40.1 Å². The Kier molecular flexibility index (Phi) is 20.1. The molecule has 0 aliphatic carbocycles. The predicted molar refractivity (Wildman–Crippen MR) is 186 cm³/mol. The van der Waals surface area contributed by atoms with E-state index in [0.717, 1.165) is 56.3 Å². The molecule has 0 aromatic carbocycles. The van der Waals surface area contributed by atoms with Crippen LogP contribution in [-0.2, 0) is 19.0 Å². The minimum Gasteiger partial charge on any atom is -0.475 e. The van der Waals surface area contributed by atoms with Crippen LogP contribution in [0.15, 0.2) is 6.08 Å². The zero-order valence-corrected chi connectivity index (χ0v) is 30.6. The first-order valence-electron chi connectivity index (χ1n) is 18.1. The van der Waals surface area contributed by atoms with Crippen molar-refractivity contribution in [3.05, 3.63) is 11.8 Å². The third-order valence-corrected chi connectivity index (χ3v) is 8.78. The fraction of sp³-hybridized carbons (Fsp3) is 0.833. The third kappa shape index (κ3) is 18.8. The maximum atomic E-state index is 12.3. The number of carbonyl (C=O) groups excluding carboxylic acids is 2. The van der Waals surface area contributed by atoms with Gasteiger partial charge in [-0.3, -0.25) is 9.28 Å². The summed E-state index contributed by atoms with van der Waals surface area (Å²) in [5.74, 6) is 0.547. The number of ether oxygens (including phenoxy) is 4. The van der Waals surface area contributed by atoms with Gasteiger partial charge in [-0.2, -0.15) is 4.37 Å². The summed E-state index contributed by atoms with van der Waals surface area (Å²) in [5.41, 5.74) is 1.55. The summed E-state index contributed by atoms with van der Waals surface area (Å²) in [6.45, 7) is 10.9. The molecule has 2 rings (SSSR count). The van der Waals surface area contributed by atoms with Gasteiger partial charge in [0.25, 0.3) is 5.88 Å². The van der Waals surface area contributed by atoms with E-state index in [4.69, 9.17) is 18.9 Å². The zero-order chi connectivity index (χ0) is 33.5. The van der Waals surface area contributed by atoms with E-state index in [0.29, 0.717) is 36.5 Å². The van der Waals surface area contributed by atoms with Gasteiger partial charge < -0.3 is 18.9 Å². The maximum Gasteiger partial charge on any atom is 0.512 e. The second-order valence-corrected chi connectivity index (χ2v) is 14.7. The highest BCUT2D eigenvalue weighted by Crippen LogP contribution is 2.30. The van der Waals surface area contributed by atoms with E-state index in [1.807, 2.05) is 20.8 Å². The van der Waals surface area contributed by atoms with Crippen LogP contribution in [0.4, 0.5) is 4.79 Å². The van der Waals surface area contributed by atoms with Crippen LogP contribution in [-0.4, -0.2) is 71.0 Å². The molecule has 2 heterocycles. The van der Waals surface area contributed by atoms with Gasteiger partial charge in [0, 0.05) is 18.4 Å². The van der Waals surface area contributed by atoms with Crippen LogP contribution >= 0.6 is 11.7 Å². The van der Waals surface area contributed by atoms with Gasteiger partial charge in [0.05, 0.1) is 38.5 Å². The Bertz CT molecular complexity index is 1010. The highest BCUT2D eigenvalue weighted by Gasteiger charge is 2.31. The Labute approximate surface area is 283 Å². The van der Waals surface area contributed by atoms with Crippen molar-refractivity contribution in [2.24, 2.45) is 0 Å². The molecule has 1 atom stereocenters. The lowest BCUT2D eigenvalue weighted by atomic mass is 10.0. The van der Waals surface area contributed by atoms with E-state index in [-0.39, 0.29) is 18.3 Å². The summed E-state index contributed by atoms with van der Waals surface area (Å²) >= 11 is 1.18. The Morgan fingerprint density at radius 1 is 0.804 bits per heavy atom. The van der Waals surface area contributed by atoms with Crippen molar-refractivity contribution in [1.82, 2.24) is 8.75 Å². The molecule has 1 unspecified atom stereocenters. The number of carbonyl (C=O) groups is 2. The summed E-state index contributed by atoms with van der Waals surface area (Å²) in [5, 5.41) is 0. The fourth-order valence-corrected chi connectivity index (χ4v) is 6.20. The number of aromatic nitrogens is 2. The Morgan fingerprint density at radius 3 is 2.02 bits per heavy atom. The number of rotatable bonds is 25. The van der Waals surface area contributed by atoms with Crippen molar-refractivity contribution in [1.29, 1.82) is 0 Å². The molecule has 9 nitrogen and oxygen atoms in total. The molecule has 1 aliphatic rings. The number of hydrogen-bond donors (Lipinski definition) is 0. The minimum atomic E-state index is -0.579. The van der Waals surface area contributed by atoms with Gasteiger partial charge >= 0.3 is 12.1 Å². The van der Waals surface area contributed by atoms with Crippen LogP contribution in [0.5, 0.6) is 5.88 Å². The largest absolute Gasteiger partial charge is 0.512 e. The van der Waals surface area contributed by atoms with Crippen LogP contribution in [0.3, 0.4) is 0 Å². The molecular formula is C36H64N3O6S+. The first-order chi connectivity index (χ1) is 22.1. The number of unbranched alkanes of at least 4 members (excludes halogenated alkanes) is 15. The van der Waals surface area contributed by atoms with Crippen molar-refractivity contribution in [2.45, 2.75) is 155 Å². The van der Waals surface area contributed by atoms with Gasteiger partial charge in [-0.1, -0.05) is 103 Å². The summed E-state index contributed by atoms with van der Waals surface area (Å²) < 4.78 is 31.7.